The first-order valence-electron chi connectivity index (χ1n) is 6.76. The van der Waals surface area contributed by atoms with Gasteiger partial charge in [0, 0.05) is 24.9 Å². The van der Waals surface area contributed by atoms with Crippen molar-refractivity contribution in [2.45, 2.75) is 6.54 Å². The highest BCUT2D eigenvalue weighted by atomic mass is 15.2. The Morgan fingerprint density at radius 1 is 1.15 bits per heavy atom. The zero-order valence-electron chi connectivity index (χ0n) is 11.1. The Morgan fingerprint density at radius 2 is 2.05 bits per heavy atom. The van der Waals surface area contributed by atoms with Gasteiger partial charge in [0.05, 0.1) is 11.8 Å². The molecule has 0 saturated heterocycles. The maximum atomic E-state index is 4.25. The predicted octanol–water partition coefficient (Wildman–Crippen LogP) is 2.14. The summed E-state index contributed by atoms with van der Waals surface area (Å²) in [5, 5.41) is 0. The largest absolute Gasteiger partial charge is 0.303 e. The first kappa shape index (κ1) is 10.2. The molecular weight excluding hydrogens is 248 g/mol. The molecule has 4 heterocycles. The molecule has 0 aliphatic carbocycles. The maximum absolute atomic E-state index is 4.25. The molecule has 96 valence electrons. The highest BCUT2D eigenvalue weighted by molar-refractivity contribution is 5.83. The second-order valence-corrected chi connectivity index (χ2v) is 5.35. The third-order valence-electron chi connectivity index (χ3n) is 4.31. The second kappa shape index (κ2) is 3.28. The van der Waals surface area contributed by atoms with Crippen LogP contribution in [0.2, 0.25) is 0 Å². The lowest BCUT2D eigenvalue weighted by Crippen LogP contribution is -2.29. The topological polar surface area (TPSA) is 26.1 Å². The fourth-order valence-electron chi connectivity index (χ4n) is 3.37. The van der Waals surface area contributed by atoms with Crippen molar-refractivity contribution in [2.24, 2.45) is 7.05 Å². The zero-order valence-corrected chi connectivity index (χ0v) is 11.1. The fourth-order valence-corrected chi connectivity index (χ4v) is 3.37. The van der Waals surface area contributed by atoms with Gasteiger partial charge in [-0.3, -0.25) is 4.98 Å². The minimum Gasteiger partial charge on any atom is -0.303 e. The molecule has 5 rings (SSSR count). The predicted molar refractivity (Wildman–Crippen MR) is 76.4 cm³/mol. The molecule has 1 aliphatic heterocycles. The van der Waals surface area contributed by atoms with E-state index in [2.05, 4.69) is 62.1 Å². The normalized spacial score (nSPS) is 13.1. The fraction of sp³-hybridized carbons (Fsp3) is 0.125. The van der Waals surface area contributed by atoms with E-state index in [1.54, 1.807) is 0 Å². The third kappa shape index (κ3) is 1.04. The molecular formula is C16H13N4+. The highest BCUT2D eigenvalue weighted by Crippen LogP contribution is 2.31. The van der Waals surface area contributed by atoms with E-state index in [0.29, 0.717) is 0 Å². The molecule has 0 spiro atoms. The Balaban J connectivity index is 2.03. The first-order chi connectivity index (χ1) is 9.84. The van der Waals surface area contributed by atoms with Gasteiger partial charge in [-0.25, -0.2) is 4.57 Å². The molecule has 3 aromatic heterocycles. The molecule has 0 radical (unpaired) electrons. The van der Waals surface area contributed by atoms with Crippen LogP contribution in [-0.4, -0.2) is 14.0 Å². The summed E-state index contributed by atoms with van der Waals surface area (Å²) in [5.41, 5.74) is 6.30. The Kier molecular flexibility index (Phi) is 1.67. The third-order valence-corrected chi connectivity index (χ3v) is 4.31. The van der Waals surface area contributed by atoms with Crippen molar-refractivity contribution >= 4 is 16.7 Å². The molecule has 20 heavy (non-hydrogen) atoms. The average molecular weight is 261 g/mol. The maximum Gasteiger partial charge on any atom is 0.296 e. The zero-order chi connectivity index (χ0) is 13.3. The van der Waals surface area contributed by atoms with Crippen molar-refractivity contribution < 1.29 is 4.57 Å². The summed E-state index contributed by atoms with van der Waals surface area (Å²) in [6, 6.07) is 10.7. The van der Waals surface area contributed by atoms with E-state index in [9.17, 15) is 0 Å². The van der Waals surface area contributed by atoms with E-state index < -0.39 is 0 Å². The minimum atomic E-state index is 0.958. The summed E-state index contributed by atoms with van der Waals surface area (Å²) in [6.07, 6.45) is 6.02. The Bertz CT molecular complexity index is 990. The van der Waals surface area contributed by atoms with Crippen molar-refractivity contribution in [3.63, 3.8) is 0 Å². The van der Waals surface area contributed by atoms with Gasteiger partial charge in [-0.1, -0.05) is 18.2 Å². The number of aromatic nitrogens is 4. The lowest BCUT2D eigenvalue weighted by Gasteiger charge is -1.92. The number of nitrogens with zero attached hydrogens (tertiary/aromatic N) is 4. The molecule has 4 aromatic rings. The van der Waals surface area contributed by atoms with Crippen LogP contribution in [0.15, 0.2) is 48.9 Å². The Morgan fingerprint density at radius 3 is 3.00 bits per heavy atom. The van der Waals surface area contributed by atoms with Gasteiger partial charge in [0.15, 0.2) is 11.7 Å². The van der Waals surface area contributed by atoms with E-state index in [1.807, 2.05) is 12.4 Å². The van der Waals surface area contributed by atoms with Gasteiger partial charge in [0.25, 0.3) is 5.82 Å². The average Bonchev–Trinajstić information content (AvgIpc) is 3.08. The van der Waals surface area contributed by atoms with Crippen LogP contribution in [0.5, 0.6) is 0 Å². The summed E-state index contributed by atoms with van der Waals surface area (Å²) >= 11 is 0. The molecule has 4 nitrogen and oxygen atoms in total. The molecule has 1 aliphatic rings. The molecule has 1 aromatic carbocycles. The number of aryl methyl sites for hydroxylation is 1. The molecule has 0 N–H and O–H groups in total. The summed E-state index contributed by atoms with van der Waals surface area (Å²) in [6.45, 7) is 0.958. The summed E-state index contributed by atoms with van der Waals surface area (Å²) in [4.78, 5) is 4.25. The Labute approximate surface area is 115 Å². The van der Waals surface area contributed by atoms with Crippen LogP contribution in [0.25, 0.3) is 28.1 Å². The number of fused-ring (bicyclic) bond motifs is 7. The molecule has 0 fully saturated rings. The smallest absolute Gasteiger partial charge is 0.296 e. The van der Waals surface area contributed by atoms with Gasteiger partial charge in [-0.05, 0) is 6.07 Å². The van der Waals surface area contributed by atoms with Crippen molar-refractivity contribution in [1.82, 2.24) is 14.0 Å². The van der Waals surface area contributed by atoms with Crippen molar-refractivity contribution in [2.75, 3.05) is 0 Å². The Hall–Kier alpha value is -2.62. The minimum absolute atomic E-state index is 0.958. The van der Waals surface area contributed by atoms with Crippen molar-refractivity contribution in [3.8, 4) is 11.4 Å². The lowest BCUT2D eigenvalue weighted by molar-refractivity contribution is -0.670. The summed E-state index contributed by atoms with van der Waals surface area (Å²) in [5.74, 6) is 1.27. The van der Waals surface area contributed by atoms with E-state index in [1.165, 1.54) is 28.1 Å². The van der Waals surface area contributed by atoms with Crippen LogP contribution in [0, 0.1) is 0 Å². The number of benzene rings is 1. The van der Waals surface area contributed by atoms with Crippen LogP contribution in [-0.2, 0) is 13.6 Å². The van der Waals surface area contributed by atoms with Gasteiger partial charge in [0.2, 0.25) is 5.65 Å². The number of imidazole rings is 2. The van der Waals surface area contributed by atoms with Gasteiger partial charge in [0.1, 0.15) is 12.1 Å². The van der Waals surface area contributed by atoms with Crippen LogP contribution in [0.3, 0.4) is 0 Å². The van der Waals surface area contributed by atoms with E-state index in [4.69, 9.17) is 0 Å². The summed E-state index contributed by atoms with van der Waals surface area (Å²) in [7, 11) is 2.10. The van der Waals surface area contributed by atoms with Crippen molar-refractivity contribution in [3.05, 3.63) is 54.5 Å². The van der Waals surface area contributed by atoms with Gasteiger partial charge in [-0.15, -0.1) is 0 Å². The van der Waals surface area contributed by atoms with Gasteiger partial charge < -0.3 is 4.57 Å². The number of hydrogen-bond acceptors (Lipinski definition) is 1. The molecule has 0 saturated carbocycles. The molecule has 0 unspecified atom stereocenters. The SMILES string of the molecule is Cn1c2cnccc2n2c3[n+](cc12)Cc1ccccc1-3. The van der Waals surface area contributed by atoms with Crippen LogP contribution >= 0.6 is 0 Å². The molecule has 4 heteroatoms. The highest BCUT2D eigenvalue weighted by Gasteiger charge is 2.32. The van der Waals surface area contributed by atoms with E-state index in [0.717, 1.165) is 12.1 Å². The molecule has 0 bridgehead atoms. The number of hydrogen-bond donors (Lipinski definition) is 0. The van der Waals surface area contributed by atoms with E-state index >= 15 is 0 Å². The van der Waals surface area contributed by atoms with Crippen molar-refractivity contribution in [1.29, 1.82) is 0 Å². The molecule has 0 amide bonds. The van der Waals surface area contributed by atoms with Crippen LogP contribution in [0.1, 0.15) is 5.56 Å². The van der Waals surface area contributed by atoms with Crippen LogP contribution < -0.4 is 4.57 Å². The monoisotopic (exact) mass is 261 g/mol. The van der Waals surface area contributed by atoms with Crippen LogP contribution in [0.4, 0.5) is 0 Å². The number of rotatable bonds is 0. The standard InChI is InChI=1S/C16H13N4/c1-18-14-8-17-7-6-13(14)20-15(18)10-19-9-11-4-2-3-5-12(11)16(19)20/h2-8,10H,9H2,1H3/q+1. The van der Waals surface area contributed by atoms with E-state index in [-0.39, 0.29) is 0 Å². The first-order valence-corrected chi connectivity index (χ1v) is 6.76. The number of pyridine rings is 1. The lowest BCUT2D eigenvalue weighted by atomic mass is 10.1. The molecule has 0 atom stereocenters. The second-order valence-electron chi connectivity index (χ2n) is 5.35. The van der Waals surface area contributed by atoms with Gasteiger partial charge in [-0.2, -0.15) is 4.40 Å². The van der Waals surface area contributed by atoms with Gasteiger partial charge >= 0.3 is 0 Å². The summed E-state index contributed by atoms with van der Waals surface area (Å²) < 4.78 is 6.87. The quantitative estimate of drug-likeness (QED) is 0.392.